The molecule has 2 aromatic rings. The van der Waals surface area contributed by atoms with E-state index >= 15 is 0 Å². The Morgan fingerprint density at radius 3 is 2.48 bits per heavy atom. The standard InChI is InChI=1S/C19H15NO5S2/c1-24-15-8-3-11(9-14(15)21)10-16-17(22)20(19(26)27-16)13-6-4-12(5-7-13)18(23)25-2/h3-10,21H,1-2H3. The molecule has 1 amide bonds. The number of ether oxygens (including phenoxy) is 2. The van der Waals surface area contributed by atoms with E-state index in [2.05, 4.69) is 4.74 Å². The molecule has 1 aliphatic rings. The third kappa shape index (κ3) is 3.81. The molecule has 0 spiro atoms. The van der Waals surface area contributed by atoms with E-state index in [1.807, 2.05) is 0 Å². The summed E-state index contributed by atoms with van der Waals surface area (Å²) in [7, 11) is 2.77. The maximum absolute atomic E-state index is 12.8. The third-order valence-corrected chi connectivity index (χ3v) is 5.14. The van der Waals surface area contributed by atoms with Crippen molar-refractivity contribution in [3.63, 3.8) is 0 Å². The van der Waals surface area contributed by atoms with Crippen molar-refractivity contribution in [1.29, 1.82) is 0 Å². The van der Waals surface area contributed by atoms with Crippen LogP contribution in [0.1, 0.15) is 15.9 Å². The van der Waals surface area contributed by atoms with Crippen molar-refractivity contribution in [2.24, 2.45) is 0 Å². The van der Waals surface area contributed by atoms with Gasteiger partial charge in [-0.1, -0.05) is 30.0 Å². The number of phenols is 1. The number of anilines is 1. The maximum Gasteiger partial charge on any atom is 0.337 e. The Morgan fingerprint density at radius 2 is 1.89 bits per heavy atom. The molecule has 0 atom stereocenters. The van der Waals surface area contributed by atoms with Crippen LogP contribution in [0, 0.1) is 0 Å². The Hall–Kier alpha value is -2.84. The van der Waals surface area contributed by atoms with E-state index in [0.29, 0.717) is 31.8 Å². The molecule has 2 aromatic carbocycles. The molecule has 1 saturated heterocycles. The number of thiocarbonyl (C=S) groups is 1. The topological polar surface area (TPSA) is 76.1 Å². The fraction of sp³-hybridized carbons (Fsp3) is 0.105. The van der Waals surface area contributed by atoms with Crippen LogP contribution in [0.3, 0.4) is 0 Å². The zero-order valence-corrected chi connectivity index (χ0v) is 16.1. The Morgan fingerprint density at radius 1 is 1.19 bits per heavy atom. The van der Waals surface area contributed by atoms with Gasteiger partial charge in [0.2, 0.25) is 0 Å². The van der Waals surface area contributed by atoms with Gasteiger partial charge >= 0.3 is 5.97 Å². The van der Waals surface area contributed by atoms with Crippen LogP contribution in [0.2, 0.25) is 0 Å². The highest BCUT2D eigenvalue weighted by Gasteiger charge is 2.33. The van der Waals surface area contributed by atoms with Crippen molar-refractivity contribution in [1.82, 2.24) is 0 Å². The minimum atomic E-state index is -0.453. The van der Waals surface area contributed by atoms with Gasteiger partial charge in [0.1, 0.15) is 0 Å². The van der Waals surface area contributed by atoms with Crippen molar-refractivity contribution in [2.75, 3.05) is 19.1 Å². The maximum atomic E-state index is 12.8. The lowest BCUT2D eigenvalue weighted by Gasteiger charge is -2.14. The van der Waals surface area contributed by atoms with Gasteiger partial charge in [-0.3, -0.25) is 9.69 Å². The van der Waals surface area contributed by atoms with Crippen LogP contribution < -0.4 is 9.64 Å². The minimum absolute atomic E-state index is 0.0138. The van der Waals surface area contributed by atoms with Gasteiger partial charge < -0.3 is 14.6 Å². The molecule has 0 radical (unpaired) electrons. The van der Waals surface area contributed by atoms with Crippen molar-refractivity contribution in [3.8, 4) is 11.5 Å². The molecule has 0 aromatic heterocycles. The summed E-state index contributed by atoms with van der Waals surface area (Å²) in [5, 5.41) is 9.88. The van der Waals surface area contributed by atoms with E-state index in [-0.39, 0.29) is 11.7 Å². The van der Waals surface area contributed by atoms with Gasteiger partial charge in [0.05, 0.1) is 30.4 Å². The van der Waals surface area contributed by atoms with E-state index in [0.717, 1.165) is 0 Å². The van der Waals surface area contributed by atoms with Gasteiger partial charge in [-0.2, -0.15) is 0 Å². The summed E-state index contributed by atoms with van der Waals surface area (Å²) in [5.74, 6) is -0.386. The second-order valence-corrected chi connectivity index (χ2v) is 7.16. The normalized spacial score (nSPS) is 15.3. The average molecular weight is 401 g/mol. The summed E-state index contributed by atoms with van der Waals surface area (Å²) in [6, 6.07) is 11.3. The first-order valence-corrected chi connectivity index (χ1v) is 9.00. The van der Waals surface area contributed by atoms with Crippen LogP contribution >= 0.6 is 24.0 Å². The molecule has 1 fully saturated rings. The third-order valence-electron chi connectivity index (χ3n) is 3.84. The number of esters is 1. The monoisotopic (exact) mass is 401 g/mol. The van der Waals surface area contributed by atoms with Crippen LogP contribution in [0.5, 0.6) is 11.5 Å². The Kier molecular flexibility index (Phi) is 5.48. The van der Waals surface area contributed by atoms with Crippen LogP contribution in [-0.4, -0.2) is 35.5 Å². The van der Waals surface area contributed by atoms with Gasteiger partial charge in [0, 0.05) is 0 Å². The molecule has 138 valence electrons. The number of amides is 1. The van der Waals surface area contributed by atoms with E-state index in [4.69, 9.17) is 17.0 Å². The van der Waals surface area contributed by atoms with E-state index < -0.39 is 5.97 Å². The molecular weight excluding hydrogens is 386 g/mol. The zero-order valence-electron chi connectivity index (χ0n) is 14.5. The number of phenolic OH excluding ortho intramolecular Hbond substituents is 1. The highest BCUT2D eigenvalue weighted by atomic mass is 32.2. The average Bonchev–Trinajstić information content (AvgIpc) is 2.94. The van der Waals surface area contributed by atoms with Crippen LogP contribution in [0.15, 0.2) is 47.4 Å². The van der Waals surface area contributed by atoms with Gasteiger partial charge in [0.25, 0.3) is 5.91 Å². The molecule has 0 saturated carbocycles. The quantitative estimate of drug-likeness (QED) is 0.477. The van der Waals surface area contributed by atoms with E-state index in [1.165, 1.54) is 36.9 Å². The smallest absolute Gasteiger partial charge is 0.337 e. The zero-order chi connectivity index (χ0) is 19.6. The first-order chi connectivity index (χ1) is 12.9. The molecule has 1 N–H and O–H groups in total. The van der Waals surface area contributed by atoms with E-state index in [9.17, 15) is 14.7 Å². The summed E-state index contributed by atoms with van der Waals surface area (Å²) < 4.78 is 10.1. The van der Waals surface area contributed by atoms with Crippen LogP contribution in [0.25, 0.3) is 6.08 Å². The lowest BCUT2D eigenvalue weighted by atomic mass is 10.1. The first-order valence-electron chi connectivity index (χ1n) is 7.78. The van der Waals surface area contributed by atoms with Crippen molar-refractivity contribution in [2.45, 2.75) is 0 Å². The fourth-order valence-corrected chi connectivity index (χ4v) is 3.80. The Labute approximate surface area is 165 Å². The highest BCUT2D eigenvalue weighted by molar-refractivity contribution is 8.27. The SMILES string of the molecule is COC(=O)c1ccc(N2C(=O)C(=Cc3ccc(OC)c(O)c3)SC2=S)cc1. The summed E-state index contributed by atoms with van der Waals surface area (Å²) >= 11 is 6.50. The van der Waals surface area contributed by atoms with Gasteiger partial charge in [0.15, 0.2) is 15.8 Å². The van der Waals surface area contributed by atoms with Crippen LogP contribution in [-0.2, 0) is 9.53 Å². The highest BCUT2D eigenvalue weighted by Crippen LogP contribution is 2.37. The summed E-state index contributed by atoms with van der Waals surface area (Å²) in [6.45, 7) is 0. The summed E-state index contributed by atoms with van der Waals surface area (Å²) in [6.07, 6.45) is 1.65. The molecule has 0 aliphatic carbocycles. The number of methoxy groups -OCH3 is 2. The minimum Gasteiger partial charge on any atom is -0.504 e. The molecule has 0 bridgehead atoms. The number of thioether (sulfide) groups is 1. The Bertz CT molecular complexity index is 953. The van der Waals surface area contributed by atoms with Crippen molar-refractivity contribution in [3.05, 3.63) is 58.5 Å². The molecular formula is C19H15NO5S2. The van der Waals surface area contributed by atoms with Crippen molar-refractivity contribution >= 4 is 51.9 Å². The molecule has 0 unspecified atom stereocenters. The number of aromatic hydroxyl groups is 1. The number of hydrogen-bond donors (Lipinski definition) is 1. The number of benzene rings is 2. The summed E-state index contributed by atoms with van der Waals surface area (Å²) in [5.41, 5.74) is 1.59. The Balaban J connectivity index is 1.86. The number of carbonyl (C=O) groups is 2. The molecule has 27 heavy (non-hydrogen) atoms. The fourth-order valence-electron chi connectivity index (χ4n) is 2.50. The second kappa shape index (κ2) is 7.81. The predicted molar refractivity (Wildman–Crippen MR) is 108 cm³/mol. The number of rotatable bonds is 4. The molecule has 6 nitrogen and oxygen atoms in total. The molecule has 1 aliphatic heterocycles. The van der Waals surface area contributed by atoms with Gasteiger partial charge in [-0.25, -0.2) is 4.79 Å². The molecule has 1 heterocycles. The molecule has 3 rings (SSSR count). The lowest BCUT2D eigenvalue weighted by Crippen LogP contribution is -2.27. The van der Waals surface area contributed by atoms with E-state index in [1.54, 1.807) is 42.5 Å². The number of nitrogens with zero attached hydrogens (tertiary/aromatic N) is 1. The largest absolute Gasteiger partial charge is 0.504 e. The first kappa shape index (κ1) is 18.9. The van der Waals surface area contributed by atoms with Crippen LogP contribution in [0.4, 0.5) is 5.69 Å². The van der Waals surface area contributed by atoms with Gasteiger partial charge in [-0.15, -0.1) is 0 Å². The number of carbonyl (C=O) groups excluding carboxylic acids is 2. The second-order valence-electron chi connectivity index (χ2n) is 5.49. The summed E-state index contributed by atoms with van der Waals surface area (Å²) in [4.78, 5) is 26.1. The molecule has 8 heteroatoms. The van der Waals surface area contributed by atoms with Crippen molar-refractivity contribution < 1.29 is 24.2 Å². The predicted octanol–water partition coefficient (Wildman–Crippen LogP) is 3.59. The lowest BCUT2D eigenvalue weighted by molar-refractivity contribution is -0.113. The van der Waals surface area contributed by atoms with Gasteiger partial charge in [-0.05, 0) is 48.0 Å². The number of hydrogen-bond acceptors (Lipinski definition) is 7.